The molecule has 0 unspecified atom stereocenters. The second-order valence-corrected chi connectivity index (χ2v) is 6.39. The van der Waals surface area contributed by atoms with E-state index in [9.17, 15) is 5.26 Å². The third-order valence-electron chi connectivity index (χ3n) is 4.52. The number of aryl methyl sites for hydroxylation is 1. The van der Waals surface area contributed by atoms with Crippen LogP contribution in [0.15, 0.2) is 30.6 Å². The molecule has 0 aliphatic heterocycles. The minimum atomic E-state index is -0.302. The van der Waals surface area contributed by atoms with Crippen molar-refractivity contribution < 1.29 is 0 Å². The molecular formula is C18H18N10. The van der Waals surface area contributed by atoms with Gasteiger partial charge in [0.1, 0.15) is 17.5 Å². The zero-order chi connectivity index (χ0) is 19.8. The molecule has 4 aromatic heterocycles. The van der Waals surface area contributed by atoms with E-state index >= 15 is 0 Å². The summed E-state index contributed by atoms with van der Waals surface area (Å²) in [5.74, 6) is 0.293. The number of aromatic nitrogens is 6. The first-order valence-corrected chi connectivity index (χ1v) is 8.53. The van der Waals surface area contributed by atoms with E-state index in [1.165, 1.54) is 0 Å². The first-order valence-electron chi connectivity index (χ1n) is 8.53. The molecule has 0 fully saturated rings. The fraction of sp³-hybridized carbons (Fsp3) is 0.167. The number of rotatable bonds is 4. The number of hydrogen-bond donors (Lipinski definition) is 4. The predicted octanol–water partition coefficient (Wildman–Crippen LogP) is 1.96. The molecule has 0 aliphatic carbocycles. The first-order chi connectivity index (χ1) is 13.5. The molecule has 0 saturated heterocycles. The Labute approximate surface area is 160 Å². The molecule has 4 aromatic rings. The Balaban J connectivity index is 1.83. The van der Waals surface area contributed by atoms with Gasteiger partial charge in [0.05, 0.1) is 28.5 Å². The summed E-state index contributed by atoms with van der Waals surface area (Å²) >= 11 is 0. The summed E-state index contributed by atoms with van der Waals surface area (Å²) in [6.07, 6.45) is 3.64. The molecule has 0 aromatic carbocycles. The number of nitriles is 1. The van der Waals surface area contributed by atoms with Gasteiger partial charge in [-0.25, -0.2) is 4.98 Å². The monoisotopic (exact) mass is 374 g/mol. The summed E-state index contributed by atoms with van der Waals surface area (Å²) in [4.78, 5) is 12.8. The van der Waals surface area contributed by atoms with Crippen molar-refractivity contribution in [1.29, 1.82) is 5.26 Å². The van der Waals surface area contributed by atoms with Gasteiger partial charge in [-0.15, -0.1) is 0 Å². The molecule has 0 bridgehead atoms. The van der Waals surface area contributed by atoms with Crippen molar-refractivity contribution in [2.24, 2.45) is 7.05 Å². The number of H-pyrrole nitrogens is 1. The molecule has 4 heterocycles. The molecule has 0 amide bonds. The van der Waals surface area contributed by atoms with Crippen LogP contribution in [0.1, 0.15) is 24.2 Å². The van der Waals surface area contributed by atoms with E-state index in [1.54, 1.807) is 6.20 Å². The first kappa shape index (κ1) is 17.3. The molecule has 140 valence electrons. The maximum absolute atomic E-state index is 9.40. The largest absolute Gasteiger partial charge is 0.382 e. The summed E-state index contributed by atoms with van der Waals surface area (Å²) in [7, 11) is 1.97. The topological polar surface area (TPSA) is 160 Å². The Bertz CT molecular complexity index is 1200. The van der Waals surface area contributed by atoms with Gasteiger partial charge in [-0.05, 0) is 25.1 Å². The molecule has 10 heteroatoms. The van der Waals surface area contributed by atoms with Crippen molar-refractivity contribution in [2.45, 2.75) is 13.0 Å². The van der Waals surface area contributed by atoms with Crippen LogP contribution >= 0.6 is 0 Å². The van der Waals surface area contributed by atoms with Crippen molar-refractivity contribution in [3.63, 3.8) is 0 Å². The van der Waals surface area contributed by atoms with E-state index in [0.29, 0.717) is 0 Å². The molecule has 28 heavy (non-hydrogen) atoms. The normalized spacial score (nSPS) is 12.0. The van der Waals surface area contributed by atoms with Gasteiger partial charge in [0.25, 0.3) is 0 Å². The van der Waals surface area contributed by atoms with Crippen LogP contribution in [0, 0.1) is 11.3 Å². The predicted molar refractivity (Wildman–Crippen MR) is 106 cm³/mol. The van der Waals surface area contributed by atoms with Crippen LogP contribution in [0.25, 0.3) is 22.3 Å². The van der Waals surface area contributed by atoms with Gasteiger partial charge >= 0.3 is 0 Å². The Kier molecular flexibility index (Phi) is 4.04. The standard InChI is InChI=1S/C18H18N10/c1-9(23-17-11(8-19)16(20)25-18(21)26-17)15-10(12-3-5-22-27-12)7-14-13(24-15)4-6-28(14)2/h3-7,9H,1-2H3,(H,22,27)(H5,20,21,23,25,26)/t9-/m0/s1. The number of fused-ring (bicyclic) bond motifs is 1. The van der Waals surface area contributed by atoms with Crippen molar-refractivity contribution >= 4 is 28.6 Å². The smallest absolute Gasteiger partial charge is 0.224 e. The van der Waals surface area contributed by atoms with E-state index in [0.717, 1.165) is 28.0 Å². The minimum absolute atomic E-state index is 0.00791. The number of nitrogens with one attached hydrogen (secondary N) is 2. The number of pyridine rings is 1. The van der Waals surface area contributed by atoms with Crippen LogP contribution in [0.4, 0.5) is 17.6 Å². The lowest BCUT2D eigenvalue weighted by Crippen LogP contribution is -2.15. The van der Waals surface area contributed by atoms with E-state index in [1.807, 2.05) is 42.9 Å². The number of anilines is 3. The second-order valence-electron chi connectivity index (χ2n) is 6.39. The van der Waals surface area contributed by atoms with Gasteiger partial charge < -0.3 is 21.4 Å². The van der Waals surface area contributed by atoms with E-state index in [2.05, 4.69) is 31.5 Å². The third-order valence-corrected chi connectivity index (χ3v) is 4.52. The highest BCUT2D eigenvalue weighted by Crippen LogP contribution is 2.31. The second kappa shape index (κ2) is 6.55. The summed E-state index contributed by atoms with van der Waals surface area (Å²) in [5.41, 5.74) is 16.0. The maximum Gasteiger partial charge on any atom is 0.224 e. The van der Waals surface area contributed by atoms with Crippen LogP contribution in [0.2, 0.25) is 0 Å². The van der Waals surface area contributed by atoms with Crippen molar-refractivity contribution in [3.05, 3.63) is 41.9 Å². The Hall–Kier alpha value is -4.13. The Morgan fingerprint density at radius 1 is 1.25 bits per heavy atom. The highest BCUT2D eigenvalue weighted by molar-refractivity contribution is 5.82. The van der Waals surface area contributed by atoms with Gasteiger partial charge in [0.15, 0.2) is 5.82 Å². The highest BCUT2D eigenvalue weighted by atomic mass is 15.1. The van der Waals surface area contributed by atoms with Crippen LogP contribution in [0.5, 0.6) is 0 Å². The highest BCUT2D eigenvalue weighted by Gasteiger charge is 2.20. The Morgan fingerprint density at radius 3 is 2.79 bits per heavy atom. The van der Waals surface area contributed by atoms with Gasteiger partial charge in [0.2, 0.25) is 5.95 Å². The lowest BCUT2D eigenvalue weighted by molar-refractivity contribution is 0.837. The van der Waals surface area contributed by atoms with Gasteiger partial charge in [-0.3, -0.25) is 5.10 Å². The summed E-state index contributed by atoms with van der Waals surface area (Å²) in [6, 6.07) is 7.59. The molecule has 0 aliphatic rings. The molecular weight excluding hydrogens is 356 g/mol. The van der Waals surface area contributed by atoms with Gasteiger partial charge in [0, 0.05) is 25.0 Å². The molecule has 6 N–H and O–H groups in total. The lowest BCUT2D eigenvalue weighted by Gasteiger charge is -2.19. The zero-order valence-electron chi connectivity index (χ0n) is 15.3. The summed E-state index contributed by atoms with van der Waals surface area (Å²) < 4.78 is 2.00. The zero-order valence-corrected chi connectivity index (χ0v) is 15.3. The minimum Gasteiger partial charge on any atom is -0.382 e. The fourth-order valence-electron chi connectivity index (χ4n) is 3.14. The van der Waals surface area contributed by atoms with E-state index in [4.69, 9.17) is 16.5 Å². The molecule has 0 saturated carbocycles. The Morgan fingerprint density at radius 2 is 2.07 bits per heavy atom. The molecule has 0 radical (unpaired) electrons. The van der Waals surface area contributed by atoms with Gasteiger partial charge in [-0.2, -0.15) is 20.3 Å². The number of nitrogen functional groups attached to an aromatic ring is 2. The van der Waals surface area contributed by atoms with Gasteiger partial charge in [-0.1, -0.05) is 0 Å². The van der Waals surface area contributed by atoms with E-state index < -0.39 is 0 Å². The average Bonchev–Trinajstić information content (AvgIpc) is 3.30. The third kappa shape index (κ3) is 2.84. The van der Waals surface area contributed by atoms with Crippen molar-refractivity contribution in [1.82, 2.24) is 29.7 Å². The van der Waals surface area contributed by atoms with E-state index in [-0.39, 0.29) is 29.2 Å². The molecule has 4 rings (SSSR count). The van der Waals surface area contributed by atoms with Crippen molar-refractivity contribution in [2.75, 3.05) is 16.8 Å². The number of aromatic amines is 1. The average molecular weight is 374 g/mol. The van der Waals surface area contributed by atoms with Crippen LogP contribution in [-0.4, -0.2) is 29.7 Å². The number of nitrogens with two attached hydrogens (primary N) is 2. The van der Waals surface area contributed by atoms with Crippen LogP contribution in [0.3, 0.4) is 0 Å². The van der Waals surface area contributed by atoms with Crippen LogP contribution < -0.4 is 16.8 Å². The summed E-state index contributed by atoms with van der Waals surface area (Å²) in [5, 5.41) is 19.6. The van der Waals surface area contributed by atoms with Crippen molar-refractivity contribution in [3.8, 4) is 17.3 Å². The quantitative estimate of drug-likeness (QED) is 0.421. The number of hydrogen-bond acceptors (Lipinski definition) is 8. The van der Waals surface area contributed by atoms with Crippen LogP contribution in [-0.2, 0) is 7.05 Å². The molecule has 1 atom stereocenters. The molecule has 0 spiro atoms. The lowest BCUT2D eigenvalue weighted by atomic mass is 10.0. The summed E-state index contributed by atoms with van der Waals surface area (Å²) in [6.45, 7) is 1.92. The SMILES string of the molecule is C[C@H](Nc1nc(N)nc(N)c1C#N)c1nc2ccn(C)c2cc1-c1ccn[nH]1. The fourth-order valence-corrected chi connectivity index (χ4v) is 3.14. The maximum atomic E-state index is 9.40. The number of nitrogens with zero attached hydrogens (tertiary/aromatic N) is 6. The molecule has 10 nitrogen and oxygen atoms in total.